The minimum atomic E-state index is -3.09. The number of carboxylic acid groups (broad SMARTS) is 1. The van der Waals surface area contributed by atoms with Crippen molar-refractivity contribution in [2.45, 2.75) is 37.4 Å². The molecule has 82 valence electrons. The molecule has 2 N–H and O–H groups in total. The fourth-order valence-electron chi connectivity index (χ4n) is 1.11. The largest absolute Gasteiger partial charge is 0.481 e. The summed E-state index contributed by atoms with van der Waals surface area (Å²) in [7, 11) is -3.09. The van der Waals surface area contributed by atoms with E-state index in [-0.39, 0.29) is 11.7 Å². The summed E-state index contributed by atoms with van der Waals surface area (Å²) in [4.78, 5) is 10.1. The van der Waals surface area contributed by atoms with Gasteiger partial charge in [-0.25, -0.2) is 13.1 Å². The zero-order valence-electron chi connectivity index (χ0n) is 7.90. The molecule has 0 unspecified atom stereocenters. The minimum Gasteiger partial charge on any atom is -0.481 e. The topological polar surface area (TPSA) is 83.5 Å². The molecule has 0 atom stereocenters. The summed E-state index contributed by atoms with van der Waals surface area (Å²) >= 11 is 0. The van der Waals surface area contributed by atoms with E-state index >= 15 is 0 Å². The number of carboxylic acids is 1. The van der Waals surface area contributed by atoms with Gasteiger partial charge in [-0.15, -0.1) is 0 Å². The molecule has 0 spiro atoms. The van der Waals surface area contributed by atoms with Crippen molar-refractivity contribution in [3.05, 3.63) is 0 Å². The van der Waals surface area contributed by atoms with Gasteiger partial charge in [0, 0.05) is 13.0 Å². The lowest BCUT2D eigenvalue weighted by molar-refractivity contribution is -0.137. The highest BCUT2D eigenvalue weighted by Crippen LogP contribution is 2.27. The van der Waals surface area contributed by atoms with Gasteiger partial charge in [0.2, 0.25) is 10.0 Å². The molecule has 1 saturated carbocycles. The number of rotatable bonds is 7. The SMILES string of the molecule is O=C(O)CCCCNS(=O)(=O)C1CC1. The minimum absolute atomic E-state index is 0.102. The average molecular weight is 221 g/mol. The summed E-state index contributed by atoms with van der Waals surface area (Å²) in [5.74, 6) is -0.838. The maximum atomic E-state index is 11.3. The molecular formula is C8H15NO4S. The normalized spacial score (nSPS) is 16.9. The van der Waals surface area contributed by atoms with Crippen molar-refractivity contribution >= 4 is 16.0 Å². The van der Waals surface area contributed by atoms with Crippen molar-refractivity contribution in [3.8, 4) is 0 Å². The van der Waals surface area contributed by atoms with Gasteiger partial charge in [0.05, 0.1) is 5.25 Å². The molecule has 0 aliphatic heterocycles. The van der Waals surface area contributed by atoms with Gasteiger partial charge in [-0.1, -0.05) is 0 Å². The second kappa shape index (κ2) is 4.75. The summed E-state index contributed by atoms with van der Waals surface area (Å²) in [6.07, 6.45) is 2.71. The molecule has 6 heteroatoms. The van der Waals surface area contributed by atoms with E-state index in [4.69, 9.17) is 5.11 Å². The lowest BCUT2D eigenvalue weighted by Crippen LogP contribution is -2.28. The Morgan fingerprint density at radius 2 is 2.00 bits per heavy atom. The first-order valence-corrected chi connectivity index (χ1v) is 6.27. The quantitative estimate of drug-likeness (QED) is 0.606. The molecule has 1 rings (SSSR count). The van der Waals surface area contributed by atoms with Crippen molar-refractivity contribution in [2.75, 3.05) is 6.54 Å². The molecule has 1 fully saturated rings. The predicted molar refractivity (Wildman–Crippen MR) is 51.4 cm³/mol. The van der Waals surface area contributed by atoms with Gasteiger partial charge in [-0.2, -0.15) is 0 Å². The summed E-state index contributed by atoms with van der Waals surface area (Å²) < 4.78 is 25.0. The highest BCUT2D eigenvalue weighted by atomic mass is 32.2. The van der Waals surface area contributed by atoms with Crippen LogP contribution in [-0.2, 0) is 14.8 Å². The van der Waals surface area contributed by atoms with Crippen LogP contribution in [0.3, 0.4) is 0 Å². The van der Waals surface area contributed by atoms with E-state index in [1.165, 1.54) is 0 Å². The zero-order chi connectivity index (χ0) is 10.6. The number of carbonyl (C=O) groups is 1. The van der Waals surface area contributed by atoms with Gasteiger partial charge in [-0.3, -0.25) is 4.79 Å². The van der Waals surface area contributed by atoms with E-state index in [2.05, 4.69) is 4.72 Å². The molecule has 0 heterocycles. The first-order valence-electron chi connectivity index (χ1n) is 4.72. The second-order valence-corrected chi connectivity index (χ2v) is 5.53. The van der Waals surface area contributed by atoms with Gasteiger partial charge in [0.1, 0.15) is 0 Å². The van der Waals surface area contributed by atoms with Crippen molar-refractivity contribution in [1.82, 2.24) is 4.72 Å². The van der Waals surface area contributed by atoms with E-state index in [0.29, 0.717) is 19.4 Å². The van der Waals surface area contributed by atoms with Crippen LogP contribution in [0.4, 0.5) is 0 Å². The van der Waals surface area contributed by atoms with Crippen molar-refractivity contribution in [3.63, 3.8) is 0 Å². The molecule has 0 aromatic heterocycles. The predicted octanol–water partition coefficient (Wildman–Crippen LogP) is 0.323. The standard InChI is InChI=1S/C8H15NO4S/c10-8(11)3-1-2-6-9-14(12,13)7-4-5-7/h7,9H,1-6H2,(H,10,11). The Morgan fingerprint density at radius 3 is 2.50 bits per heavy atom. The first-order chi connectivity index (χ1) is 6.52. The Kier molecular flexibility index (Phi) is 3.88. The molecule has 0 amide bonds. The third-order valence-corrected chi connectivity index (χ3v) is 4.04. The van der Waals surface area contributed by atoms with Crippen LogP contribution in [0.5, 0.6) is 0 Å². The molecule has 0 bridgehead atoms. The van der Waals surface area contributed by atoms with Gasteiger partial charge >= 0.3 is 5.97 Å². The van der Waals surface area contributed by atoms with Crippen LogP contribution in [0, 0.1) is 0 Å². The smallest absolute Gasteiger partial charge is 0.303 e. The van der Waals surface area contributed by atoms with Crippen LogP contribution in [0.15, 0.2) is 0 Å². The van der Waals surface area contributed by atoms with Gasteiger partial charge in [0.15, 0.2) is 0 Å². The summed E-state index contributed by atoms with van der Waals surface area (Å²) in [5, 5.41) is 8.14. The molecule has 5 nitrogen and oxygen atoms in total. The second-order valence-electron chi connectivity index (χ2n) is 3.49. The lowest BCUT2D eigenvalue weighted by Gasteiger charge is -2.03. The van der Waals surface area contributed by atoms with Crippen LogP contribution < -0.4 is 4.72 Å². The Hall–Kier alpha value is -0.620. The maximum Gasteiger partial charge on any atom is 0.303 e. The molecule has 1 aliphatic carbocycles. The third-order valence-electron chi connectivity index (χ3n) is 2.08. The van der Waals surface area contributed by atoms with Crippen molar-refractivity contribution < 1.29 is 18.3 Å². The molecule has 1 aliphatic rings. The van der Waals surface area contributed by atoms with Crippen LogP contribution >= 0.6 is 0 Å². The molecule has 0 aromatic rings. The Labute approximate surface area is 83.6 Å². The number of hydrogen-bond acceptors (Lipinski definition) is 3. The summed E-state index contributed by atoms with van der Waals surface area (Å²) in [6.45, 7) is 0.353. The van der Waals surface area contributed by atoms with E-state index < -0.39 is 16.0 Å². The Bertz CT molecular complexity index is 294. The molecule has 0 radical (unpaired) electrons. The molecule has 14 heavy (non-hydrogen) atoms. The molecule has 0 aromatic carbocycles. The first kappa shape index (κ1) is 11.5. The van der Waals surface area contributed by atoms with Crippen LogP contribution in [-0.4, -0.2) is 31.3 Å². The monoisotopic (exact) mass is 221 g/mol. The van der Waals surface area contributed by atoms with Gasteiger partial charge in [0.25, 0.3) is 0 Å². The number of hydrogen-bond donors (Lipinski definition) is 2. The highest BCUT2D eigenvalue weighted by molar-refractivity contribution is 7.90. The molecule has 0 saturated heterocycles. The van der Waals surface area contributed by atoms with E-state index in [9.17, 15) is 13.2 Å². The van der Waals surface area contributed by atoms with Crippen LogP contribution in [0.1, 0.15) is 32.1 Å². The fraction of sp³-hybridized carbons (Fsp3) is 0.875. The summed E-state index contributed by atoms with van der Waals surface area (Å²) in [5.41, 5.74) is 0. The van der Waals surface area contributed by atoms with E-state index in [1.807, 2.05) is 0 Å². The Balaban J connectivity index is 2.06. The van der Waals surface area contributed by atoms with Crippen LogP contribution in [0.2, 0.25) is 0 Å². The number of aliphatic carboxylic acids is 1. The van der Waals surface area contributed by atoms with Gasteiger partial charge in [-0.05, 0) is 25.7 Å². The molecular weight excluding hydrogens is 206 g/mol. The van der Waals surface area contributed by atoms with Gasteiger partial charge < -0.3 is 5.11 Å². The number of sulfonamides is 1. The average Bonchev–Trinajstić information content (AvgIpc) is 2.84. The van der Waals surface area contributed by atoms with Crippen LogP contribution in [0.25, 0.3) is 0 Å². The number of unbranched alkanes of at least 4 members (excludes halogenated alkanes) is 1. The third kappa shape index (κ3) is 4.06. The van der Waals surface area contributed by atoms with E-state index in [1.54, 1.807) is 0 Å². The highest BCUT2D eigenvalue weighted by Gasteiger charge is 2.34. The van der Waals surface area contributed by atoms with Crippen molar-refractivity contribution in [2.24, 2.45) is 0 Å². The van der Waals surface area contributed by atoms with E-state index in [0.717, 1.165) is 12.8 Å². The number of nitrogens with one attached hydrogen (secondary N) is 1. The zero-order valence-corrected chi connectivity index (χ0v) is 8.72. The fourth-order valence-corrected chi connectivity index (χ4v) is 2.53. The summed E-state index contributed by atoms with van der Waals surface area (Å²) in [6, 6.07) is 0. The maximum absolute atomic E-state index is 11.3. The van der Waals surface area contributed by atoms with Crippen molar-refractivity contribution in [1.29, 1.82) is 0 Å². The Morgan fingerprint density at radius 1 is 1.36 bits per heavy atom. The lowest BCUT2D eigenvalue weighted by atomic mass is 10.2.